The monoisotopic (exact) mass is 255 g/mol. The van der Waals surface area contributed by atoms with Gasteiger partial charge in [0, 0.05) is 12.6 Å². The van der Waals surface area contributed by atoms with Crippen molar-refractivity contribution >= 4 is 5.97 Å². The quantitative estimate of drug-likeness (QED) is 0.671. The second-order valence-corrected chi connectivity index (χ2v) is 5.99. The SMILES string of the molecule is COC(=O)C(COCC1CC1)(NC(C)C)C1CC1. The van der Waals surface area contributed by atoms with E-state index in [4.69, 9.17) is 9.47 Å². The Bertz CT molecular complexity index is 297. The Balaban J connectivity index is 1.99. The minimum Gasteiger partial charge on any atom is -0.468 e. The van der Waals surface area contributed by atoms with Gasteiger partial charge in [-0.1, -0.05) is 0 Å². The molecule has 1 unspecified atom stereocenters. The molecule has 0 heterocycles. The number of esters is 1. The van der Waals surface area contributed by atoms with Gasteiger partial charge in [-0.25, -0.2) is 4.79 Å². The van der Waals surface area contributed by atoms with Crippen LogP contribution in [0.15, 0.2) is 0 Å². The van der Waals surface area contributed by atoms with E-state index in [1.54, 1.807) is 0 Å². The first kappa shape index (κ1) is 13.8. The van der Waals surface area contributed by atoms with Gasteiger partial charge in [0.25, 0.3) is 0 Å². The van der Waals surface area contributed by atoms with Crippen molar-refractivity contribution in [1.29, 1.82) is 0 Å². The summed E-state index contributed by atoms with van der Waals surface area (Å²) in [6.07, 6.45) is 4.71. The zero-order valence-electron chi connectivity index (χ0n) is 11.7. The summed E-state index contributed by atoms with van der Waals surface area (Å²) in [5.74, 6) is 0.916. The molecular formula is C14H25NO3. The lowest BCUT2D eigenvalue weighted by Gasteiger charge is -2.34. The highest BCUT2D eigenvalue weighted by molar-refractivity contribution is 5.82. The van der Waals surface area contributed by atoms with Crippen molar-refractivity contribution in [2.24, 2.45) is 11.8 Å². The number of rotatable bonds is 8. The summed E-state index contributed by atoms with van der Waals surface area (Å²) in [6.45, 7) is 5.34. The summed E-state index contributed by atoms with van der Waals surface area (Å²) >= 11 is 0. The van der Waals surface area contributed by atoms with E-state index in [2.05, 4.69) is 19.2 Å². The first-order chi connectivity index (χ1) is 8.58. The highest BCUT2D eigenvalue weighted by Crippen LogP contribution is 2.41. The average Bonchev–Trinajstić information content (AvgIpc) is 3.15. The molecule has 0 aromatic heterocycles. The molecule has 0 aliphatic heterocycles. The molecule has 4 heteroatoms. The third-order valence-electron chi connectivity index (χ3n) is 3.75. The molecule has 0 saturated heterocycles. The molecule has 0 spiro atoms. The lowest BCUT2D eigenvalue weighted by molar-refractivity contribution is -0.153. The second-order valence-electron chi connectivity index (χ2n) is 5.99. The zero-order chi connectivity index (χ0) is 13.2. The van der Waals surface area contributed by atoms with Crippen LogP contribution in [0.1, 0.15) is 39.5 Å². The molecule has 4 nitrogen and oxygen atoms in total. The van der Waals surface area contributed by atoms with Crippen molar-refractivity contribution in [2.45, 2.75) is 51.1 Å². The molecule has 104 valence electrons. The van der Waals surface area contributed by atoms with Gasteiger partial charge in [-0.3, -0.25) is 5.32 Å². The fraction of sp³-hybridized carbons (Fsp3) is 0.929. The fourth-order valence-corrected chi connectivity index (χ4v) is 2.51. The predicted octanol–water partition coefficient (Wildman–Crippen LogP) is 1.73. The van der Waals surface area contributed by atoms with Crippen LogP contribution in [0.2, 0.25) is 0 Å². The number of ether oxygens (including phenoxy) is 2. The molecule has 2 aliphatic carbocycles. The largest absolute Gasteiger partial charge is 0.468 e. The van der Waals surface area contributed by atoms with E-state index in [0.717, 1.165) is 25.4 Å². The van der Waals surface area contributed by atoms with E-state index < -0.39 is 5.54 Å². The highest BCUT2D eigenvalue weighted by Gasteiger charge is 2.52. The van der Waals surface area contributed by atoms with E-state index in [9.17, 15) is 4.79 Å². The van der Waals surface area contributed by atoms with Crippen LogP contribution in [0, 0.1) is 11.8 Å². The van der Waals surface area contributed by atoms with Crippen LogP contribution in [0.5, 0.6) is 0 Å². The summed E-state index contributed by atoms with van der Waals surface area (Å²) in [7, 11) is 1.46. The van der Waals surface area contributed by atoms with E-state index >= 15 is 0 Å². The van der Waals surface area contributed by atoms with Gasteiger partial charge in [-0.2, -0.15) is 0 Å². The third kappa shape index (κ3) is 3.23. The van der Waals surface area contributed by atoms with Crippen molar-refractivity contribution in [3.63, 3.8) is 0 Å². The second kappa shape index (κ2) is 5.57. The Labute approximate surface area is 109 Å². The van der Waals surface area contributed by atoms with Gasteiger partial charge in [0.05, 0.1) is 13.7 Å². The molecule has 0 aromatic carbocycles. The lowest BCUT2D eigenvalue weighted by Crippen LogP contribution is -2.60. The summed E-state index contributed by atoms with van der Waals surface area (Å²) in [5.41, 5.74) is -0.627. The van der Waals surface area contributed by atoms with Gasteiger partial charge < -0.3 is 9.47 Å². The average molecular weight is 255 g/mol. The molecule has 2 aliphatic rings. The zero-order valence-corrected chi connectivity index (χ0v) is 11.7. The van der Waals surface area contributed by atoms with Crippen molar-refractivity contribution in [2.75, 3.05) is 20.3 Å². The van der Waals surface area contributed by atoms with E-state index in [1.807, 2.05) is 0 Å². The van der Waals surface area contributed by atoms with Gasteiger partial charge >= 0.3 is 5.97 Å². The molecule has 1 atom stereocenters. The number of hydrogen-bond donors (Lipinski definition) is 1. The topological polar surface area (TPSA) is 47.6 Å². The predicted molar refractivity (Wildman–Crippen MR) is 69.3 cm³/mol. The Morgan fingerprint density at radius 2 is 2.00 bits per heavy atom. The van der Waals surface area contributed by atoms with Crippen LogP contribution in [-0.4, -0.2) is 37.9 Å². The molecule has 2 saturated carbocycles. The highest BCUT2D eigenvalue weighted by atomic mass is 16.5. The summed E-state index contributed by atoms with van der Waals surface area (Å²) < 4.78 is 10.8. The Kier molecular flexibility index (Phi) is 4.28. The van der Waals surface area contributed by atoms with Crippen LogP contribution < -0.4 is 5.32 Å². The third-order valence-corrected chi connectivity index (χ3v) is 3.75. The maximum absolute atomic E-state index is 12.2. The Hall–Kier alpha value is -0.610. The maximum atomic E-state index is 12.2. The van der Waals surface area contributed by atoms with Crippen molar-refractivity contribution in [3.8, 4) is 0 Å². The number of methoxy groups -OCH3 is 1. The molecule has 2 rings (SSSR count). The fourth-order valence-electron chi connectivity index (χ4n) is 2.51. The number of carbonyl (C=O) groups is 1. The molecule has 0 bridgehead atoms. The molecule has 0 amide bonds. The van der Waals surface area contributed by atoms with Crippen molar-refractivity contribution in [1.82, 2.24) is 5.32 Å². The molecule has 18 heavy (non-hydrogen) atoms. The van der Waals surface area contributed by atoms with Crippen LogP contribution in [-0.2, 0) is 14.3 Å². The molecule has 0 aromatic rings. The van der Waals surface area contributed by atoms with Crippen LogP contribution in [0.4, 0.5) is 0 Å². The lowest BCUT2D eigenvalue weighted by atomic mass is 9.93. The molecule has 2 fully saturated rings. The first-order valence-electron chi connectivity index (χ1n) is 7.02. The molecule has 1 N–H and O–H groups in total. The smallest absolute Gasteiger partial charge is 0.328 e. The van der Waals surface area contributed by atoms with Crippen molar-refractivity contribution in [3.05, 3.63) is 0 Å². The van der Waals surface area contributed by atoms with Crippen LogP contribution >= 0.6 is 0 Å². The van der Waals surface area contributed by atoms with Gasteiger partial charge in [-0.15, -0.1) is 0 Å². The number of carbonyl (C=O) groups excluding carboxylic acids is 1. The van der Waals surface area contributed by atoms with Gasteiger partial charge in [0.1, 0.15) is 5.54 Å². The first-order valence-corrected chi connectivity index (χ1v) is 7.02. The Morgan fingerprint density at radius 1 is 1.33 bits per heavy atom. The van der Waals surface area contributed by atoms with Crippen molar-refractivity contribution < 1.29 is 14.3 Å². The molecule has 0 radical (unpaired) electrons. The van der Waals surface area contributed by atoms with Crippen LogP contribution in [0.25, 0.3) is 0 Å². The van der Waals surface area contributed by atoms with E-state index in [1.165, 1.54) is 20.0 Å². The minimum absolute atomic E-state index is 0.172. The Morgan fingerprint density at radius 3 is 2.44 bits per heavy atom. The number of hydrogen-bond acceptors (Lipinski definition) is 4. The maximum Gasteiger partial charge on any atom is 0.328 e. The standard InChI is InChI=1S/C14H25NO3/c1-10(2)15-14(12-6-7-12,13(16)17-3)9-18-8-11-4-5-11/h10-12,15H,4-9H2,1-3H3. The van der Waals surface area contributed by atoms with Gasteiger partial charge in [-0.05, 0) is 51.4 Å². The summed E-state index contributed by atoms with van der Waals surface area (Å²) in [5, 5.41) is 3.40. The molecular weight excluding hydrogens is 230 g/mol. The van der Waals surface area contributed by atoms with Gasteiger partial charge in [0.15, 0.2) is 0 Å². The normalized spacial score (nSPS) is 22.9. The van der Waals surface area contributed by atoms with E-state index in [0.29, 0.717) is 12.5 Å². The van der Waals surface area contributed by atoms with Crippen LogP contribution in [0.3, 0.4) is 0 Å². The summed E-state index contributed by atoms with van der Waals surface area (Å²) in [4.78, 5) is 12.2. The summed E-state index contributed by atoms with van der Waals surface area (Å²) in [6, 6.07) is 0.245. The van der Waals surface area contributed by atoms with Gasteiger partial charge in [0.2, 0.25) is 0 Å². The van der Waals surface area contributed by atoms with E-state index in [-0.39, 0.29) is 12.0 Å². The minimum atomic E-state index is -0.627. The number of nitrogens with one attached hydrogen (secondary N) is 1.